The molecule has 0 unspecified atom stereocenters. The summed E-state index contributed by atoms with van der Waals surface area (Å²) in [6, 6.07) is 3.55. The van der Waals surface area contributed by atoms with Gasteiger partial charge in [0.15, 0.2) is 11.6 Å². The number of likely N-dealkylation sites (tertiary alicyclic amines) is 1. The molecule has 2 rings (SSSR count). The first-order valence-corrected chi connectivity index (χ1v) is 7.49. The van der Waals surface area contributed by atoms with Crippen molar-refractivity contribution in [1.29, 1.82) is 0 Å². The second-order valence-electron chi connectivity index (χ2n) is 5.38. The number of unbranched alkanes of at least 4 members (excludes halogenated alkanes) is 1. The summed E-state index contributed by atoms with van der Waals surface area (Å²) in [5.74, 6) is -1.24. The lowest BCUT2D eigenvalue weighted by Gasteiger charge is -2.32. The monoisotopic (exact) mass is 297 g/mol. The Morgan fingerprint density at radius 3 is 2.62 bits per heavy atom. The van der Waals surface area contributed by atoms with Crippen LogP contribution in [0, 0.1) is 11.6 Å². The van der Waals surface area contributed by atoms with Crippen molar-refractivity contribution in [3.8, 4) is 5.75 Å². The van der Waals surface area contributed by atoms with Crippen molar-refractivity contribution < 1.29 is 18.3 Å². The van der Waals surface area contributed by atoms with E-state index in [2.05, 4.69) is 6.92 Å². The minimum atomic E-state index is -0.903. The van der Waals surface area contributed by atoms with Crippen LogP contribution in [0.2, 0.25) is 0 Å². The zero-order valence-corrected chi connectivity index (χ0v) is 12.3. The summed E-state index contributed by atoms with van der Waals surface area (Å²) in [6.07, 6.45) is 3.93. The van der Waals surface area contributed by atoms with Gasteiger partial charge in [0.25, 0.3) is 0 Å². The Labute approximate surface area is 123 Å². The van der Waals surface area contributed by atoms with Crippen LogP contribution in [0.5, 0.6) is 5.75 Å². The van der Waals surface area contributed by atoms with Crippen LogP contribution >= 0.6 is 0 Å². The second-order valence-corrected chi connectivity index (χ2v) is 5.38. The van der Waals surface area contributed by atoms with E-state index < -0.39 is 11.6 Å². The first-order valence-electron chi connectivity index (χ1n) is 7.49. The van der Waals surface area contributed by atoms with Crippen LogP contribution in [-0.2, 0) is 4.79 Å². The van der Waals surface area contributed by atoms with Crippen LogP contribution in [0.25, 0.3) is 0 Å². The van der Waals surface area contributed by atoms with Crippen molar-refractivity contribution in [3.05, 3.63) is 29.8 Å². The molecule has 1 aromatic carbocycles. The van der Waals surface area contributed by atoms with Gasteiger partial charge in [-0.1, -0.05) is 13.3 Å². The molecule has 1 aliphatic heterocycles. The third-order valence-electron chi connectivity index (χ3n) is 3.73. The van der Waals surface area contributed by atoms with Crippen LogP contribution in [0.3, 0.4) is 0 Å². The summed E-state index contributed by atoms with van der Waals surface area (Å²) in [6.45, 7) is 3.39. The van der Waals surface area contributed by atoms with Crippen molar-refractivity contribution in [2.24, 2.45) is 0 Å². The summed E-state index contributed by atoms with van der Waals surface area (Å²) in [5, 5.41) is 0. The number of ether oxygens (including phenoxy) is 1. The zero-order chi connectivity index (χ0) is 15.2. The molecular weight excluding hydrogens is 276 g/mol. The van der Waals surface area contributed by atoms with Crippen molar-refractivity contribution >= 4 is 5.91 Å². The Kier molecular flexibility index (Phi) is 5.53. The lowest BCUT2D eigenvalue weighted by Crippen LogP contribution is -2.41. The fourth-order valence-electron chi connectivity index (χ4n) is 2.45. The maximum absolute atomic E-state index is 13.1. The van der Waals surface area contributed by atoms with Gasteiger partial charge in [0, 0.05) is 38.4 Å². The molecule has 0 N–H and O–H groups in total. The standard InChI is InChI=1S/C16H21F2NO2/c1-2-3-4-16(20)19-9-7-12(8-10-19)21-13-5-6-14(17)15(18)11-13/h5-6,11-12H,2-4,7-10H2,1H3. The summed E-state index contributed by atoms with van der Waals surface area (Å²) < 4.78 is 31.6. The number of halogens is 2. The SMILES string of the molecule is CCCCC(=O)N1CCC(Oc2ccc(F)c(F)c2)CC1. The molecule has 0 atom stereocenters. The highest BCUT2D eigenvalue weighted by Crippen LogP contribution is 2.21. The predicted molar refractivity (Wildman–Crippen MR) is 76.1 cm³/mol. The van der Waals surface area contributed by atoms with Crippen LogP contribution in [0.4, 0.5) is 8.78 Å². The van der Waals surface area contributed by atoms with Crippen LogP contribution < -0.4 is 4.74 Å². The van der Waals surface area contributed by atoms with Crippen molar-refractivity contribution in [3.63, 3.8) is 0 Å². The quantitative estimate of drug-likeness (QED) is 0.832. The number of amides is 1. The molecular formula is C16H21F2NO2. The molecule has 0 spiro atoms. The smallest absolute Gasteiger partial charge is 0.222 e. The number of nitrogens with zero attached hydrogens (tertiary/aromatic N) is 1. The summed E-state index contributed by atoms with van der Waals surface area (Å²) >= 11 is 0. The van der Waals surface area contributed by atoms with Gasteiger partial charge in [-0.3, -0.25) is 4.79 Å². The van der Waals surface area contributed by atoms with Crippen molar-refractivity contribution in [1.82, 2.24) is 4.90 Å². The first-order chi connectivity index (χ1) is 10.1. The highest BCUT2D eigenvalue weighted by molar-refractivity contribution is 5.76. The normalized spacial score (nSPS) is 16.0. The third-order valence-corrected chi connectivity index (χ3v) is 3.73. The zero-order valence-electron chi connectivity index (χ0n) is 12.3. The molecule has 1 fully saturated rings. The van der Waals surface area contributed by atoms with E-state index in [-0.39, 0.29) is 12.0 Å². The number of benzene rings is 1. The summed E-state index contributed by atoms with van der Waals surface area (Å²) in [4.78, 5) is 13.8. The van der Waals surface area contributed by atoms with E-state index in [1.54, 1.807) is 0 Å². The molecule has 3 nitrogen and oxygen atoms in total. The minimum Gasteiger partial charge on any atom is -0.490 e. The average molecular weight is 297 g/mol. The Balaban J connectivity index is 1.81. The highest BCUT2D eigenvalue weighted by atomic mass is 19.2. The molecule has 21 heavy (non-hydrogen) atoms. The number of rotatable bonds is 5. The van der Waals surface area contributed by atoms with Crippen LogP contribution in [-0.4, -0.2) is 30.0 Å². The molecule has 0 bridgehead atoms. The van der Waals surface area contributed by atoms with Gasteiger partial charge in [0.05, 0.1) is 0 Å². The molecule has 116 valence electrons. The van der Waals surface area contributed by atoms with Crippen LogP contribution in [0.15, 0.2) is 18.2 Å². The predicted octanol–water partition coefficient (Wildman–Crippen LogP) is 3.52. The number of carbonyl (C=O) groups is 1. The number of carbonyl (C=O) groups excluding carboxylic acids is 1. The van der Waals surface area contributed by atoms with Gasteiger partial charge in [-0.05, 0) is 18.6 Å². The fraction of sp³-hybridized carbons (Fsp3) is 0.562. The summed E-state index contributed by atoms with van der Waals surface area (Å²) in [7, 11) is 0. The van der Waals surface area contributed by atoms with Crippen molar-refractivity contribution in [2.75, 3.05) is 13.1 Å². The molecule has 0 radical (unpaired) electrons. The molecule has 1 amide bonds. The molecule has 0 saturated carbocycles. The largest absolute Gasteiger partial charge is 0.490 e. The highest BCUT2D eigenvalue weighted by Gasteiger charge is 2.23. The number of hydrogen-bond acceptors (Lipinski definition) is 2. The molecule has 0 aliphatic carbocycles. The van der Waals surface area contributed by atoms with Gasteiger partial charge in [-0.25, -0.2) is 8.78 Å². The van der Waals surface area contributed by atoms with E-state index in [0.29, 0.717) is 25.3 Å². The van der Waals surface area contributed by atoms with E-state index in [4.69, 9.17) is 4.74 Å². The lowest BCUT2D eigenvalue weighted by atomic mass is 10.1. The molecule has 1 aromatic rings. The van der Waals surface area contributed by atoms with E-state index in [1.165, 1.54) is 6.07 Å². The van der Waals surface area contributed by atoms with Gasteiger partial charge >= 0.3 is 0 Å². The Morgan fingerprint density at radius 2 is 2.00 bits per heavy atom. The Hall–Kier alpha value is -1.65. The van der Waals surface area contributed by atoms with Gasteiger partial charge in [-0.2, -0.15) is 0 Å². The second kappa shape index (κ2) is 7.38. The Bertz CT molecular complexity index is 485. The topological polar surface area (TPSA) is 29.5 Å². The number of hydrogen-bond donors (Lipinski definition) is 0. The van der Waals surface area contributed by atoms with E-state index in [1.807, 2.05) is 4.90 Å². The van der Waals surface area contributed by atoms with E-state index >= 15 is 0 Å². The van der Waals surface area contributed by atoms with E-state index in [9.17, 15) is 13.6 Å². The van der Waals surface area contributed by atoms with Gasteiger partial charge < -0.3 is 9.64 Å². The van der Waals surface area contributed by atoms with Gasteiger partial charge in [0.1, 0.15) is 11.9 Å². The molecule has 1 aliphatic rings. The molecule has 5 heteroatoms. The Morgan fingerprint density at radius 1 is 1.29 bits per heavy atom. The fourth-order valence-corrected chi connectivity index (χ4v) is 2.45. The summed E-state index contributed by atoms with van der Waals surface area (Å²) in [5.41, 5.74) is 0. The average Bonchev–Trinajstić information content (AvgIpc) is 2.49. The number of piperidine rings is 1. The maximum Gasteiger partial charge on any atom is 0.222 e. The third kappa shape index (κ3) is 4.41. The van der Waals surface area contributed by atoms with Gasteiger partial charge in [-0.15, -0.1) is 0 Å². The van der Waals surface area contributed by atoms with Crippen LogP contribution in [0.1, 0.15) is 39.0 Å². The van der Waals surface area contributed by atoms with E-state index in [0.717, 1.165) is 37.8 Å². The molecule has 1 saturated heterocycles. The van der Waals surface area contributed by atoms with Gasteiger partial charge in [0.2, 0.25) is 5.91 Å². The molecule has 0 aromatic heterocycles. The molecule has 1 heterocycles. The lowest BCUT2D eigenvalue weighted by molar-refractivity contribution is -0.133. The first kappa shape index (κ1) is 15.7. The minimum absolute atomic E-state index is 0.0508. The maximum atomic E-state index is 13.1. The van der Waals surface area contributed by atoms with Crippen molar-refractivity contribution in [2.45, 2.75) is 45.1 Å².